The van der Waals surface area contributed by atoms with Gasteiger partial charge in [0.15, 0.2) is 17.7 Å². The molecule has 0 amide bonds. The first-order valence-corrected chi connectivity index (χ1v) is 14.9. The monoisotopic (exact) mass is 594 g/mol. The predicted molar refractivity (Wildman–Crippen MR) is 160 cm³/mol. The van der Waals surface area contributed by atoms with E-state index in [1.54, 1.807) is 4.57 Å². The van der Waals surface area contributed by atoms with Crippen LogP contribution >= 0.6 is 0 Å². The third kappa shape index (κ3) is 5.49. The van der Waals surface area contributed by atoms with Crippen molar-refractivity contribution in [3.63, 3.8) is 0 Å². The minimum atomic E-state index is -1.17. The van der Waals surface area contributed by atoms with Crippen LogP contribution in [-0.4, -0.2) is 104 Å². The predicted octanol–water partition coefficient (Wildman–Crippen LogP) is 1.27. The second-order valence-corrected chi connectivity index (χ2v) is 13.0. The van der Waals surface area contributed by atoms with Crippen LogP contribution in [0.2, 0.25) is 0 Å². The highest BCUT2D eigenvalue weighted by atomic mass is 16.6. The van der Waals surface area contributed by atoms with Gasteiger partial charge in [-0.3, -0.25) is 9.47 Å². The molecule has 0 bridgehead atoms. The number of nitrogen functional groups attached to an aromatic ring is 1. The molecule has 4 aromatic rings. The quantitative estimate of drug-likeness (QED) is 0.155. The van der Waals surface area contributed by atoms with Gasteiger partial charge in [0, 0.05) is 30.5 Å². The van der Waals surface area contributed by atoms with Crippen molar-refractivity contribution < 1.29 is 25.2 Å². The number of nitrogens with zero attached hydrogens (tertiary/aromatic N) is 6. The zero-order valence-electron chi connectivity index (χ0n) is 25.0. The van der Waals surface area contributed by atoms with Crippen LogP contribution in [0.1, 0.15) is 58.2 Å². The summed E-state index contributed by atoms with van der Waals surface area (Å²) >= 11 is 0. The van der Waals surface area contributed by atoms with Crippen LogP contribution in [0.15, 0.2) is 30.9 Å². The Labute approximate surface area is 249 Å². The average molecular weight is 595 g/mol. The van der Waals surface area contributed by atoms with Crippen LogP contribution in [0, 0.1) is 5.92 Å². The molecule has 0 radical (unpaired) electrons. The lowest BCUT2D eigenvalue weighted by atomic mass is 9.74. The number of rotatable bonds is 10. The van der Waals surface area contributed by atoms with Gasteiger partial charge in [-0.25, -0.2) is 19.9 Å². The molecule has 1 aromatic carbocycles. The third-order valence-electron chi connectivity index (χ3n) is 9.33. The van der Waals surface area contributed by atoms with E-state index in [0.29, 0.717) is 24.1 Å². The molecule has 1 aliphatic carbocycles. The second kappa shape index (κ2) is 11.4. The molecule has 2 fully saturated rings. The Balaban J connectivity index is 1.08. The van der Waals surface area contributed by atoms with E-state index in [1.165, 1.54) is 12.7 Å². The Bertz CT molecular complexity index is 1580. The molecule has 1 aliphatic heterocycles. The first kappa shape index (κ1) is 29.9. The molecule has 7 N–H and O–H groups in total. The van der Waals surface area contributed by atoms with Crippen molar-refractivity contribution in [1.29, 1.82) is 0 Å². The van der Waals surface area contributed by atoms with Gasteiger partial charge in [-0.15, -0.1) is 0 Å². The van der Waals surface area contributed by atoms with E-state index in [0.717, 1.165) is 35.3 Å². The van der Waals surface area contributed by atoms with Crippen molar-refractivity contribution in [3.05, 3.63) is 42.2 Å². The number of hydrogen-bond donors (Lipinski definition) is 6. The molecule has 4 heterocycles. The third-order valence-corrected chi connectivity index (χ3v) is 9.33. The molecule has 1 saturated carbocycles. The highest BCUT2D eigenvalue weighted by molar-refractivity contribution is 5.81. The van der Waals surface area contributed by atoms with Gasteiger partial charge in [-0.05, 0) is 50.3 Å². The first-order chi connectivity index (χ1) is 20.5. The second-order valence-electron chi connectivity index (χ2n) is 13.0. The summed E-state index contributed by atoms with van der Waals surface area (Å²) in [5.74, 6) is 1.10. The van der Waals surface area contributed by atoms with E-state index in [9.17, 15) is 20.4 Å². The van der Waals surface area contributed by atoms with Gasteiger partial charge in [-0.2, -0.15) is 0 Å². The Kier molecular flexibility index (Phi) is 7.90. The normalized spacial score (nSPS) is 27.0. The molecule has 3 aromatic heterocycles. The number of anilines is 1. The lowest BCUT2D eigenvalue weighted by molar-refractivity contribution is -0.0713. The minimum absolute atomic E-state index is 0.0498. The van der Waals surface area contributed by atoms with Gasteiger partial charge >= 0.3 is 0 Å². The summed E-state index contributed by atoms with van der Waals surface area (Å²) in [6.45, 7) is 8.67. The summed E-state index contributed by atoms with van der Waals surface area (Å²) in [6, 6.07) is 6.35. The maximum atomic E-state index is 11.1. The summed E-state index contributed by atoms with van der Waals surface area (Å²) in [5, 5.41) is 42.6. The fraction of sp³-hybridized carbons (Fsp3) is 0.600. The van der Waals surface area contributed by atoms with E-state index in [1.807, 2.05) is 32.0 Å². The fourth-order valence-electron chi connectivity index (χ4n) is 6.41. The lowest BCUT2D eigenvalue weighted by Gasteiger charge is -2.47. The summed E-state index contributed by atoms with van der Waals surface area (Å²) in [7, 11) is 0. The van der Waals surface area contributed by atoms with E-state index in [2.05, 4.69) is 43.7 Å². The number of benzene rings is 1. The van der Waals surface area contributed by atoms with Gasteiger partial charge in [-0.1, -0.05) is 19.9 Å². The number of aromatic nitrogens is 6. The summed E-state index contributed by atoms with van der Waals surface area (Å²) < 4.78 is 7.79. The smallest absolute Gasteiger partial charge is 0.167 e. The van der Waals surface area contributed by atoms with Gasteiger partial charge < -0.3 is 35.9 Å². The van der Waals surface area contributed by atoms with E-state index in [-0.39, 0.29) is 35.8 Å². The SMILES string of the molecule is CC(C)N(CC1OC(n2cnc3c(N)ncnc32)C(O)C1O)C1CC(C(O)Cc2nc3ccc(C(C)(C)CO)cc3[nH]2)C1. The highest BCUT2D eigenvalue weighted by Gasteiger charge is 2.47. The van der Waals surface area contributed by atoms with Crippen molar-refractivity contribution in [2.75, 3.05) is 18.9 Å². The van der Waals surface area contributed by atoms with Crippen molar-refractivity contribution in [3.8, 4) is 0 Å². The first-order valence-electron chi connectivity index (χ1n) is 14.9. The lowest BCUT2D eigenvalue weighted by Crippen LogP contribution is -2.54. The number of hydrogen-bond acceptors (Lipinski definition) is 11. The molecule has 232 valence electrons. The molecule has 0 spiro atoms. The van der Waals surface area contributed by atoms with Crippen LogP contribution in [0.4, 0.5) is 5.82 Å². The molecule has 1 saturated heterocycles. The number of aliphatic hydroxyl groups excluding tert-OH is 4. The minimum Gasteiger partial charge on any atom is -0.395 e. The van der Waals surface area contributed by atoms with Gasteiger partial charge in [0.1, 0.15) is 36.0 Å². The summed E-state index contributed by atoms with van der Waals surface area (Å²) in [4.78, 5) is 22.8. The van der Waals surface area contributed by atoms with Crippen LogP contribution < -0.4 is 5.73 Å². The Morgan fingerprint density at radius 1 is 1.16 bits per heavy atom. The zero-order chi connectivity index (χ0) is 30.6. The number of nitrogens with one attached hydrogen (secondary N) is 1. The number of nitrogens with two attached hydrogens (primary N) is 1. The molecule has 13 nitrogen and oxygen atoms in total. The number of aliphatic hydroxyl groups is 4. The maximum absolute atomic E-state index is 11.1. The standard InChI is InChI=1S/C30H42N8O5/c1-15(2)37(11-22-25(41)26(42)29(43-22)38-14-34-24-27(31)32-13-33-28(24)38)18-7-16(8-18)21(40)10-23-35-19-6-5-17(9-20(19)36-23)30(3,4)12-39/h5-6,9,13-16,18,21-22,25-26,29,39-42H,7-8,10-12H2,1-4H3,(H,35,36)(H2,31,32,33). The molecular formula is C30H42N8O5. The molecule has 5 atom stereocenters. The summed E-state index contributed by atoms with van der Waals surface area (Å²) in [5.41, 5.74) is 9.17. The van der Waals surface area contributed by atoms with Crippen molar-refractivity contribution >= 4 is 28.0 Å². The average Bonchev–Trinajstić information content (AvgIpc) is 3.63. The Morgan fingerprint density at radius 3 is 2.65 bits per heavy atom. The number of fused-ring (bicyclic) bond motifs is 2. The van der Waals surface area contributed by atoms with Gasteiger partial charge in [0.2, 0.25) is 0 Å². The van der Waals surface area contributed by atoms with Crippen LogP contribution in [0.3, 0.4) is 0 Å². The van der Waals surface area contributed by atoms with Crippen LogP contribution in [0.25, 0.3) is 22.2 Å². The molecular weight excluding hydrogens is 552 g/mol. The molecule has 6 rings (SSSR count). The van der Waals surface area contributed by atoms with E-state index in [4.69, 9.17) is 10.5 Å². The fourth-order valence-corrected chi connectivity index (χ4v) is 6.41. The largest absolute Gasteiger partial charge is 0.395 e. The van der Waals surface area contributed by atoms with E-state index >= 15 is 0 Å². The topological polar surface area (TPSA) is 192 Å². The summed E-state index contributed by atoms with van der Waals surface area (Å²) in [6.07, 6.45) is 0.583. The Morgan fingerprint density at radius 2 is 1.93 bits per heavy atom. The molecule has 5 unspecified atom stereocenters. The zero-order valence-corrected chi connectivity index (χ0v) is 25.0. The number of H-pyrrole nitrogens is 1. The highest BCUT2D eigenvalue weighted by Crippen LogP contribution is 2.39. The molecule has 13 heteroatoms. The molecule has 43 heavy (non-hydrogen) atoms. The maximum Gasteiger partial charge on any atom is 0.167 e. The number of aromatic amines is 1. The van der Waals surface area contributed by atoms with Crippen LogP contribution in [0.5, 0.6) is 0 Å². The number of ether oxygens (including phenoxy) is 1. The van der Waals surface area contributed by atoms with Crippen LogP contribution in [-0.2, 0) is 16.6 Å². The van der Waals surface area contributed by atoms with Gasteiger partial charge in [0.25, 0.3) is 0 Å². The van der Waals surface area contributed by atoms with Crippen molar-refractivity contribution in [2.24, 2.45) is 5.92 Å². The van der Waals surface area contributed by atoms with Crippen molar-refractivity contribution in [1.82, 2.24) is 34.4 Å². The Hall–Kier alpha value is -3.20. The number of imidazole rings is 2. The molecule has 2 aliphatic rings. The van der Waals surface area contributed by atoms with Crippen molar-refractivity contribution in [2.45, 2.75) is 95.1 Å². The van der Waals surface area contributed by atoms with E-state index < -0.39 is 30.6 Å². The van der Waals surface area contributed by atoms with Gasteiger partial charge in [0.05, 0.1) is 30.1 Å².